The second-order valence-corrected chi connectivity index (χ2v) is 2.16. The second-order valence-electron chi connectivity index (χ2n) is 2.16. The van der Waals surface area contributed by atoms with Crippen LogP contribution in [0.3, 0.4) is 0 Å². The van der Waals surface area contributed by atoms with Crippen LogP contribution in [0.5, 0.6) is 0 Å². The van der Waals surface area contributed by atoms with Crippen molar-refractivity contribution in [3.8, 4) is 0 Å². The minimum Gasteiger partial charge on any atom is -0.461 e. The Hall–Kier alpha value is -0.530. The highest BCUT2D eigenvalue weighted by Crippen LogP contribution is 2.23. The molecule has 0 radical (unpaired) electrons. The van der Waals surface area contributed by atoms with Gasteiger partial charge in [-0.05, 0) is 13.3 Å². The third-order valence-corrected chi connectivity index (χ3v) is 1.61. The third kappa shape index (κ3) is 0.602. The molecule has 0 unspecified atom stereocenters. The van der Waals surface area contributed by atoms with E-state index in [1.54, 1.807) is 0 Å². The average molecular weight is 114 g/mol. The van der Waals surface area contributed by atoms with E-state index in [0.29, 0.717) is 0 Å². The molecule has 46 valence electrons. The van der Waals surface area contributed by atoms with Gasteiger partial charge in [-0.15, -0.1) is 0 Å². The predicted molar refractivity (Wildman–Crippen MR) is 29.3 cm³/mol. The molecule has 1 aliphatic rings. The van der Waals surface area contributed by atoms with Crippen LogP contribution < -0.4 is 0 Å². The quantitative estimate of drug-likeness (QED) is 0.474. The first-order chi connectivity index (χ1) is 3.75. The number of hydrogen-bond acceptors (Lipinski definition) is 2. The monoisotopic (exact) mass is 114 g/mol. The topological polar surface area (TPSA) is 26.3 Å². The fourth-order valence-electron chi connectivity index (χ4n) is 0.971. The molecule has 0 N–H and O–H groups in total. The van der Waals surface area contributed by atoms with E-state index < -0.39 is 0 Å². The van der Waals surface area contributed by atoms with Gasteiger partial charge in [0.05, 0.1) is 5.92 Å². The van der Waals surface area contributed by atoms with E-state index in [2.05, 4.69) is 0 Å². The summed E-state index contributed by atoms with van der Waals surface area (Å²) in [5.74, 6) is 0.162. The molecule has 2 nitrogen and oxygen atoms in total. The highest BCUT2D eigenvalue weighted by Gasteiger charge is 2.36. The van der Waals surface area contributed by atoms with E-state index in [0.717, 1.165) is 6.42 Å². The van der Waals surface area contributed by atoms with Crippen LogP contribution in [0.1, 0.15) is 20.3 Å². The largest absolute Gasteiger partial charge is 0.461 e. The molecule has 0 spiro atoms. The second kappa shape index (κ2) is 1.77. The van der Waals surface area contributed by atoms with Crippen LogP contribution in [-0.2, 0) is 9.53 Å². The normalized spacial score (nSPS) is 36.0. The van der Waals surface area contributed by atoms with E-state index in [9.17, 15) is 4.79 Å². The van der Waals surface area contributed by atoms with Crippen LogP contribution in [0.15, 0.2) is 0 Å². The Bertz CT molecular complexity index is 109. The Labute approximate surface area is 48.8 Å². The summed E-state index contributed by atoms with van der Waals surface area (Å²) in [6, 6.07) is 0. The Morgan fingerprint density at radius 3 is 2.50 bits per heavy atom. The molecular formula is C6H10O2. The van der Waals surface area contributed by atoms with Crippen molar-refractivity contribution in [3.05, 3.63) is 0 Å². The van der Waals surface area contributed by atoms with Crippen LogP contribution in [0.25, 0.3) is 0 Å². The number of esters is 1. The summed E-state index contributed by atoms with van der Waals surface area (Å²) in [5, 5.41) is 0. The first kappa shape index (κ1) is 5.60. The number of carbonyl (C=O) groups is 1. The maximum Gasteiger partial charge on any atom is 0.312 e. The minimum absolute atomic E-state index is 0.0278. The number of carbonyl (C=O) groups excluding carboxylic acids is 1. The molecule has 0 aromatic heterocycles. The van der Waals surface area contributed by atoms with Gasteiger partial charge in [0.15, 0.2) is 0 Å². The molecule has 1 saturated heterocycles. The molecule has 1 rings (SSSR count). The SMILES string of the molecule is CC[C@H]1C(=O)O[C@H]1C. The summed E-state index contributed by atoms with van der Waals surface area (Å²) in [6.45, 7) is 3.93. The zero-order chi connectivity index (χ0) is 6.15. The van der Waals surface area contributed by atoms with Crippen molar-refractivity contribution in [3.63, 3.8) is 0 Å². The van der Waals surface area contributed by atoms with Crippen LogP contribution in [-0.4, -0.2) is 12.1 Å². The number of hydrogen-bond donors (Lipinski definition) is 0. The lowest BCUT2D eigenvalue weighted by atomic mass is 9.96. The number of cyclic esters (lactones) is 1. The van der Waals surface area contributed by atoms with Crippen molar-refractivity contribution >= 4 is 5.97 Å². The van der Waals surface area contributed by atoms with Crippen molar-refractivity contribution in [1.82, 2.24) is 0 Å². The van der Waals surface area contributed by atoms with Gasteiger partial charge in [-0.3, -0.25) is 4.79 Å². The minimum atomic E-state index is -0.0278. The molecule has 8 heavy (non-hydrogen) atoms. The highest BCUT2D eigenvalue weighted by atomic mass is 16.6. The van der Waals surface area contributed by atoms with Gasteiger partial charge in [0.1, 0.15) is 6.10 Å². The van der Waals surface area contributed by atoms with Gasteiger partial charge in [-0.2, -0.15) is 0 Å². The molecule has 0 bridgehead atoms. The summed E-state index contributed by atoms with van der Waals surface area (Å²) in [4.78, 5) is 10.4. The molecular weight excluding hydrogens is 104 g/mol. The summed E-state index contributed by atoms with van der Waals surface area (Å²) in [5.41, 5.74) is 0. The lowest BCUT2D eigenvalue weighted by molar-refractivity contribution is -0.182. The first-order valence-electron chi connectivity index (χ1n) is 2.96. The smallest absolute Gasteiger partial charge is 0.312 e. The van der Waals surface area contributed by atoms with Crippen molar-refractivity contribution in [1.29, 1.82) is 0 Å². The molecule has 0 saturated carbocycles. The summed E-state index contributed by atoms with van der Waals surface area (Å²) < 4.78 is 4.70. The van der Waals surface area contributed by atoms with Crippen LogP contribution in [0, 0.1) is 5.92 Å². The summed E-state index contributed by atoms with van der Waals surface area (Å²) in [7, 11) is 0. The molecule has 0 aliphatic carbocycles. The Morgan fingerprint density at radius 1 is 1.75 bits per heavy atom. The Balaban J connectivity index is 2.40. The third-order valence-electron chi connectivity index (χ3n) is 1.61. The molecule has 0 aromatic rings. The standard InChI is InChI=1S/C6H10O2/c1-3-5-4(2)8-6(5)7/h4-5H,3H2,1-2H3/t4-,5+/m0/s1. The van der Waals surface area contributed by atoms with E-state index in [1.807, 2.05) is 13.8 Å². The van der Waals surface area contributed by atoms with E-state index in [1.165, 1.54) is 0 Å². The molecule has 0 aromatic carbocycles. The number of rotatable bonds is 1. The maximum absolute atomic E-state index is 10.4. The summed E-state index contributed by atoms with van der Waals surface area (Å²) >= 11 is 0. The average Bonchev–Trinajstić information content (AvgIpc) is 1.67. The Kier molecular flexibility index (Phi) is 1.24. The van der Waals surface area contributed by atoms with Gasteiger partial charge in [0.2, 0.25) is 0 Å². The fraction of sp³-hybridized carbons (Fsp3) is 0.833. The molecule has 2 heteroatoms. The van der Waals surface area contributed by atoms with Crippen LogP contribution in [0.2, 0.25) is 0 Å². The van der Waals surface area contributed by atoms with Crippen molar-refractivity contribution in [2.75, 3.05) is 0 Å². The van der Waals surface area contributed by atoms with E-state index >= 15 is 0 Å². The van der Waals surface area contributed by atoms with E-state index in [4.69, 9.17) is 4.74 Å². The van der Waals surface area contributed by atoms with Crippen molar-refractivity contribution in [2.24, 2.45) is 5.92 Å². The van der Waals surface area contributed by atoms with Gasteiger partial charge < -0.3 is 4.74 Å². The Morgan fingerprint density at radius 2 is 2.38 bits per heavy atom. The molecule has 1 aliphatic heterocycles. The predicted octanol–water partition coefficient (Wildman–Crippen LogP) is 0.958. The van der Waals surface area contributed by atoms with Crippen molar-refractivity contribution in [2.45, 2.75) is 26.4 Å². The first-order valence-corrected chi connectivity index (χ1v) is 2.96. The van der Waals surface area contributed by atoms with Crippen LogP contribution in [0.4, 0.5) is 0 Å². The molecule has 1 fully saturated rings. The fourth-order valence-corrected chi connectivity index (χ4v) is 0.971. The summed E-state index contributed by atoms with van der Waals surface area (Å²) in [6.07, 6.45) is 1.09. The van der Waals surface area contributed by atoms with Gasteiger partial charge in [-0.25, -0.2) is 0 Å². The molecule has 2 atom stereocenters. The van der Waals surface area contributed by atoms with Gasteiger partial charge in [0, 0.05) is 0 Å². The van der Waals surface area contributed by atoms with E-state index in [-0.39, 0.29) is 18.0 Å². The van der Waals surface area contributed by atoms with Gasteiger partial charge in [-0.1, -0.05) is 6.92 Å². The van der Waals surface area contributed by atoms with Crippen molar-refractivity contribution < 1.29 is 9.53 Å². The lowest BCUT2D eigenvalue weighted by Crippen LogP contribution is -2.42. The zero-order valence-electron chi connectivity index (χ0n) is 5.18. The lowest BCUT2D eigenvalue weighted by Gasteiger charge is -2.31. The highest BCUT2D eigenvalue weighted by molar-refractivity contribution is 5.78. The number of ether oxygens (including phenoxy) is 1. The molecule has 0 amide bonds. The molecule has 1 heterocycles. The van der Waals surface area contributed by atoms with Gasteiger partial charge in [0.25, 0.3) is 0 Å². The van der Waals surface area contributed by atoms with Crippen LogP contribution >= 0.6 is 0 Å². The maximum atomic E-state index is 10.4. The van der Waals surface area contributed by atoms with Gasteiger partial charge >= 0.3 is 5.97 Å². The zero-order valence-corrected chi connectivity index (χ0v) is 5.18.